The second-order valence-corrected chi connectivity index (χ2v) is 6.33. The van der Waals surface area contributed by atoms with Crippen LogP contribution in [0.1, 0.15) is 52.4 Å². The van der Waals surface area contributed by atoms with Gasteiger partial charge in [-0.3, -0.25) is 0 Å². The van der Waals surface area contributed by atoms with Crippen molar-refractivity contribution in [1.82, 2.24) is 5.32 Å². The molecule has 2 rings (SSSR count). The molecular weight excluding hydrogens is 196 g/mol. The summed E-state index contributed by atoms with van der Waals surface area (Å²) in [5, 5.41) is 12.5. The number of rotatable bonds is 4. The van der Waals surface area contributed by atoms with Crippen molar-refractivity contribution in [3.05, 3.63) is 0 Å². The monoisotopic (exact) mass is 220 g/mol. The Labute approximate surface area is 99.4 Å². The van der Waals surface area contributed by atoms with E-state index in [4.69, 9.17) is 5.26 Å². The fraction of sp³-hybridized carbons (Fsp3) is 0.929. The van der Waals surface area contributed by atoms with Crippen LogP contribution in [0.3, 0.4) is 0 Å². The van der Waals surface area contributed by atoms with Gasteiger partial charge in [0, 0.05) is 19.0 Å². The van der Waals surface area contributed by atoms with Gasteiger partial charge in [0.15, 0.2) is 0 Å². The lowest BCUT2D eigenvalue weighted by Crippen LogP contribution is -2.39. The van der Waals surface area contributed by atoms with Gasteiger partial charge in [0.2, 0.25) is 0 Å². The van der Waals surface area contributed by atoms with Gasteiger partial charge in [-0.15, -0.1) is 0 Å². The highest BCUT2D eigenvalue weighted by molar-refractivity contribution is 5.01. The van der Waals surface area contributed by atoms with E-state index >= 15 is 0 Å². The second kappa shape index (κ2) is 4.75. The van der Waals surface area contributed by atoms with E-state index in [0.29, 0.717) is 11.5 Å². The molecule has 0 aromatic carbocycles. The summed E-state index contributed by atoms with van der Waals surface area (Å²) < 4.78 is 0. The normalized spacial score (nSPS) is 36.7. The first-order chi connectivity index (χ1) is 7.63. The third-order valence-electron chi connectivity index (χ3n) is 4.36. The van der Waals surface area contributed by atoms with Gasteiger partial charge in [-0.2, -0.15) is 5.26 Å². The van der Waals surface area contributed by atoms with Gasteiger partial charge < -0.3 is 5.32 Å². The molecule has 2 unspecified atom stereocenters. The van der Waals surface area contributed by atoms with E-state index in [2.05, 4.69) is 25.2 Å². The summed E-state index contributed by atoms with van der Waals surface area (Å²) >= 11 is 0. The van der Waals surface area contributed by atoms with Crippen LogP contribution in [-0.4, -0.2) is 12.6 Å². The lowest BCUT2D eigenvalue weighted by Gasteiger charge is -2.33. The van der Waals surface area contributed by atoms with Crippen LogP contribution in [0.2, 0.25) is 0 Å². The fourth-order valence-corrected chi connectivity index (χ4v) is 3.24. The standard InChI is InChI=1S/C14H24N2/c1-11-7-12(2)9-13(8-11)16-10-14(3-4-14)5-6-15/h11-13,16H,3-5,7-10H2,1-2H3. The van der Waals surface area contributed by atoms with Gasteiger partial charge >= 0.3 is 0 Å². The van der Waals surface area contributed by atoms with Crippen LogP contribution < -0.4 is 5.32 Å². The van der Waals surface area contributed by atoms with E-state index in [9.17, 15) is 0 Å². The van der Waals surface area contributed by atoms with Crippen molar-refractivity contribution in [2.24, 2.45) is 17.3 Å². The van der Waals surface area contributed by atoms with Crippen LogP contribution >= 0.6 is 0 Å². The zero-order chi connectivity index (χ0) is 11.6. The SMILES string of the molecule is CC1CC(C)CC(NCC2(CC#N)CC2)C1. The molecule has 0 saturated heterocycles. The highest BCUT2D eigenvalue weighted by Gasteiger charge is 2.42. The molecule has 16 heavy (non-hydrogen) atoms. The molecule has 2 aliphatic rings. The predicted octanol–water partition coefficient (Wildman–Crippen LogP) is 3.09. The zero-order valence-electron chi connectivity index (χ0n) is 10.6. The van der Waals surface area contributed by atoms with Gasteiger partial charge in [-0.25, -0.2) is 0 Å². The summed E-state index contributed by atoms with van der Waals surface area (Å²) in [6.45, 7) is 5.81. The molecule has 0 aromatic rings. The van der Waals surface area contributed by atoms with Crippen LogP contribution in [0.15, 0.2) is 0 Å². The van der Waals surface area contributed by atoms with Crippen molar-refractivity contribution >= 4 is 0 Å². The maximum atomic E-state index is 8.79. The molecule has 2 fully saturated rings. The molecule has 0 bridgehead atoms. The number of nitriles is 1. The lowest BCUT2D eigenvalue weighted by molar-refractivity contribution is 0.230. The molecule has 0 heterocycles. The minimum Gasteiger partial charge on any atom is -0.313 e. The molecule has 0 spiro atoms. The molecule has 2 saturated carbocycles. The quantitative estimate of drug-likeness (QED) is 0.790. The maximum absolute atomic E-state index is 8.79. The smallest absolute Gasteiger partial charge is 0.0628 e. The lowest BCUT2D eigenvalue weighted by atomic mass is 9.80. The molecule has 2 atom stereocenters. The van der Waals surface area contributed by atoms with Crippen LogP contribution in [0.5, 0.6) is 0 Å². The summed E-state index contributed by atoms with van der Waals surface area (Å²) in [5.41, 5.74) is 0.360. The predicted molar refractivity (Wildman–Crippen MR) is 65.9 cm³/mol. The van der Waals surface area contributed by atoms with E-state index in [1.807, 2.05) is 0 Å². The Bertz CT molecular complexity index is 265. The van der Waals surface area contributed by atoms with E-state index in [1.165, 1.54) is 32.1 Å². The Morgan fingerprint density at radius 3 is 2.31 bits per heavy atom. The summed E-state index contributed by atoms with van der Waals surface area (Å²) in [7, 11) is 0. The van der Waals surface area contributed by atoms with Crippen LogP contribution in [0, 0.1) is 28.6 Å². The van der Waals surface area contributed by atoms with Gasteiger partial charge in [-0.1, -0.05) is 13.8 Å². The molecule has 2 nitrogen and oxygen atoms in total. The number of nitrogens with zero attached hydrogens (tertiary/aromatic N) is 1. The fourth-order valence-electron chi connectivity index (χ4n) is 3.24. The number of hydrogen-bond acceptors (Lipinski definition) is 2. The first-order valence-corrected chi connectivity index (χ1v) is 6.74. The van der Waals surface area contributed by atoms with Crippen LogP contribution in [0.4, 0.5) is 0 Å². The molecule has 0 aromatic heterocycles. The van der Waals surface area contributed by atoms with Crippen LogP contribution in [0.25, 0.3) is 0 Å². The first kappa shape index (κ1) is 11.9. The first-order valence-electron chi connectivity index (χ1n) is 6.74. The average molecular weight is 220 g/mol. The van der Waals surface area contributed by atoms with Crippen molar-refractivity contribution in [3.8, 4) is 6.07 Å². The maximum Gasteiger partial charge on any atom is 0.0628 e. The number of hydrogen-bond donors (Lipinski definition) is 1. The average Bonchev–Trinajstić information content (AvgIpc) is 2.95. The highest BCUT2D eigenvalue weighted by Crippen LogP contribution is 2.48. The van der Waals surface area contributed by atoms with Crippen molar-refractivity contribution in [2.75, 3.05) is 6.54 Å². The topological polar surface area (TPSA) is 35.8 Å². The third kappa shape index (κ3) is 2.98. The van der Waals surface area contributed by atoms with Crippen molar-refractivity contribution in [2.45, 2.75) is 58.4 Å². The highest BCUT2D eigenvalue weighted by atomic mass is 14.9. The number of nitrogens with one attached hydrogen (secondary N) is 1. The zero-order valence-corrected chi connectivity index (χ0v) is 10.6. The second-order valence-electron chi connectivity index (χ2n) is 6.33. The molecule has 1 N–H and O–H groups in total. The molecule has 0 aliphatic heterocycles. The molecule has 0 radical (unpaired) electrons. The Balaban J connectivity index is 1.75. The Morgan fingerprint density at radius 2 is 1.81 bits per heavy atom. The summed E-state index contributed by atoms with van der Waals surface area (Å²) in [5.74, 6) is 1.74. The van der Waals surface area contributed by atoms with Gasteiger partial charge in [0.1, 0.15) is 0 Å². The van der Waals surface area contributed by atoms with Gasteiger partial charge in [0.05, 0.1) is 6.07 Å². The van der Waals surface area contributed by atoms with Crippen molar-refractivity contribution < 1.29 is 0 Å². The van der Waals surface area contributed by atoms with E-state index in [-0.39, 0.29) is 0 Å². The third-order valence-corrected chi connectivity index (χ3v) is 4.36. The minimum absolute atomic E-state index is 0.360. The minimum atomic E-state index is 0.360. The van der Waals surface area contributed by atoms with Gasteiger partial charge in [0.25, 0.3) is 0 Å². The molecule has 90 valence electrons. The molecular formula is C14H24N2. The van der Waals surface area contributed by atoms with Crippen molar-refractivity contribution in [1.29, 1.82) is 5.26 Å². The Hall–Kier alpha value is -0.550. The van der Waals surface area contributed by atoms with Crippen molar-refractivity contribution in [3.63, 3.8) is 0 Å². The molecule has 0 amide bonds. The summed E-state index contributed by atoms with van der Waals surface area (Å²) in [6, 6.07) is 3.04. The van der Waals surface area contributed by atoms with Crippen LogP contribution in [-0.2, 0) is 0 Å². The van der Waals surface area contributed by atoms with E-state index in [0.717, 1.165) is 24.8 Å². The van der Waals surface area contributed by atoms with Gasteiger partial charge in [-0.05, 0) is 49.4 Å². The van der Waals surface area contributed by atoms with E-state index in [1.54, 1.807) is 0 Å². The summed E-state index contributed by atoms with van der Waals surface area (Å²) in [4.78, 5) is 0. The Kier molecular flexibility index (Phi) is 3.54. The summed E-state index contributed by atoms with van der Waals surface area (Å²) in [6.07, 6.45) is 7.30. The molecule has 2 aliphatic carbocycles. The Morgan fingerprint density at radius 1 is 1.19 bits per heavy atom. The largest absolute Gasteiger partial charge is 0.313 e. The van der Waals surface area contributed by atoms with E-state index < -0.39 is 0 Å². The molecule has 2 heteroatoms.